The van der Waals surface area contributed by atoms with Gasteiger partial charge in [0.1, 0.15) is 11.8 Å². The van der Waals surface area contributed by atoms with Gasteiger partial charge in [0.25, 0.3) is 0 Å². The van der Waals surface area contributed by atoms with Crippen LogP contribution in [0, 0.1) is 11.8 Å². The minimum absolute atomic E-state index is 0.0212. The molecule has 188 valence electrons. The molecule has 0 spiro atoms. The summed E-state index contributed by atoms with van der Waals surface area (Å²) in [7, 11) is 0. The van der Waals surface area contributed by atoms with E-state index in [1.165, 1.54) is 4.90 Å². The van der Waals surface area contributed by atoms with E-state index in [2.05, 4.69) is 18.5 Å². The number of likely N-dealkylation sites (tertiary alicyclic amines) is 1. The van der Waals surface area contributed by atoms with Crippen molar-refractivity contribution in [3.63, 3.8) is 0 Å². The van der Waals surface area contributed by atoms with Crippen LogP contribution in [0.15, 0.2) is 13.2 Å². The normalized spacial score (nSPS) is 16.4. The van der Waals surface area contributed by atoms with Gasteiger partial charge in [0, 0.05) is 44.8 Å². The summed E-state index contributed by atoms with van der Waals surface area (Å²) in [4.78, 5) is 59.3. The quantitative estimate of drug-likeness (QED) is 0.197. The Bertz CT molecular complexity index is 665. The average Bonchev–Trinajstić information content (AvgIpc) is 3.01. The van der Waals surface area contributed by atoms with Crippen LogP contribution in [-0.4, -0.2) is 78.5 Å². The number of nitrogens with zero attached hydrogens (tertiary/aromatic N) is 1. The third kappa shape index (κ3) is 12.3. The van der Waals surface area contributed by atoms with E-state index in [9.17, 15) is 24.0 Å². The highest BCUT2D eigenvalue weighted by atomic mass is 16.5. The Morgan fingerprint density at radius 3 is 2.18 bits per heavy atom. The van der Waals surface area contributed by atoms with E-state index in [1.807, 2.05) is 0 Å². The molecule has 2 atom stereocenters. The number of imide groups is 1. The molecule has 1 aliphatic heterocycles. The van der Waals surface area contributed by atoms with Gasteiger partial charge in [0.2, 0.25) is 17.7 Å². The van der Waals surface area contributed by atoms with Gasteiger partial charge in [-0.2, -0.15) is 0 Å². The van der Waals surface area contributed by atoms with Crippen molar-refractivity contribution in [2.45, 2.75) is 58.9 Å². The van der Waals surface area contributed by atoms with Crippen molar-refractivity contribution in [2.24, 2.45) is 11.8 Å². The number of carbonyl (C=O) groups is 5. The number of ketones is 1. The van der Waals surface area contributed by atoms with E-state index in [1.54, 1.807) is 20.8 Å². The Hall–Kier alpha value is -2.59. The van der Waals surface area contributed by atoms with Crippen molar-refractivity contribution in [1.82, 2.24) is 10.2 Å². The Morgan fingerprint density at radius 1 is 1.06 bits per heavy atom. The molecule has 0 radical (unpaired) electrons. The van der Waals surface area contributed by atoms with E-state index < -0.39 is 12.0 Å². The van der Waals surface area contributed by atoms with Gasteiger partial charge in [0.15, 0.2) is 0 Å². The monoisotopic (exact) mass is 470 g/mol. The van der Waals surface area contributed by atoms with E-state index in [0.29, 0.717) is 26.1 Å². The Balaban J connectivity index is 0.00000497. The van der Waals surface area contributed by atoms with Gasteiger partial charge in [-0.05, 0) is 12.3 Å². The maximum Gasteiger partial charge on any atom is 0.326 e. The first kappa shape index (κ1) is 30.4. The number of hydrogen-bond acceptors (Lipinski definition) is 7. The fraction of sp³-hybridized carbons (Fsp3) is 0.696. The van der Waals surface area contributed by atoms with Crippen LogP contribution in [0.25, 0.3) is 0 Å². The van der Waals surface area contributed by atoms with E-state index in [4.69, 9.17) is 14.6 Å². The first-order valence-electron chi connectivity index (χ1n) is 11.2. The van der Waals surface area contributed by atoms with Crippen molar-refractivity contribution in [2.75, 3.05) is 33.0 Å². The topological polar surface area (TPSA) is 139 Å². The Kier molecular flexibility index (Phi) is 15.6. The summed E-state index contributed by atoms with van der Waals surface area (Å²) in [5.41, 5.74) is 0. The highest BCUT2D eigenvalue weighted by Crippen LogP contribution is 2.18. The number of amides is 3. The smallest absolute Gasteiger partial charge is 0.326 e. The minimum Gasteiger partial charge on any atom is -0.480 e. The molecule has 0 aliphatic carbocycles. The van der Waals surface area contributed by atoms with Crippen LogP contribution in [0.5, 0.6) is 0 Å². The molecule has 3 amide bonds. The molecule has 0 aromatic heterocycles. The van der Waals surface area contributed by atoms with Gasteiger partial charge in [0.05, 0.1) is 19.8 Å². The molecule has 0 aromatic carbocycles. The lowest BCUT2D eigenvalue weighted by atomic mass is 10.0. The molecular formula is C23H38N2O8. The molecule has 0 bridgehead atoms. The molecule has 1 rings (SSSR count). The molecule has 0 aromatic rings. The van der Waals surface area contributed by atoms with Crippen molar-refractivity contribution in [1.29, 1.82) is 0 Å². The van der Waals surface area contributed by atoms with Crippen molar-refractivity contribution in [3.8, 4) is 0 Å². The van der Waals surface area contributed by atoms with Crippen LogP contribution < -0.4 is 5.32 Å². The number of nitrogens with one attached hydrogen (secondary N) is 1. The number of hydrogen-bond donors (Lipinski definition) is 2. The largest absolute Gasteiger partial charge is 0.480 e. The summed E-state index contributed by atoms with van der Waals surface area (Å²) in [5, 5.41) is 11.5. The Labute approximate surface area is 195 Å². The first-order chi connectivity index (χ1) is 15.6. The minimum atomic E-state index is -1.07. The molecule has 33 heavy (non-hydrogen) atoms. The second-order valence-electron chi connectivity index (χ2n) is 7.98. The maximum atomic E-state index is 11.9. The van der Waals surface area contributed by atoms with Crippen LogP contribution in [0.3, 0.4) is 0 Å². The van der Waals surface area contributed by atoms with Crippen LogP contribution in [0.1, 0.15) is 52.9 Å². The van der Waals surface area contributed by atoms with E-state index >= 15 is 0 Å². The van der Waals surface area contributed by atoms with Crippen molar-refractivity contribution in [3.05, 3.63) is 13.2 Å². The third-order valence-corrected chi connectivity index (χ3v) is 4.92. The van der Waals surface area contributed by atoms with Crippen molar-refractivity contribution < 1.29 is 38.6 Å². The molecule has 1 fully saturated rings. The summed E-state index contributed by atoms with van der Waals surface area (Å²) in [5.74, 6) is -2.40. The number of aliphatic carboxylic acids is 1. The fourth-order valence-corrected chi connectivity index (χ4v) is 3.06. The molecule has 1 heterocycles. The first-order valence-corrected chi connectivity index (χ1v) is 11.2. The number of rotatable bonds is 16. The van der Waals surface area contributed by atoms with Gasteiger partial charge < -0.3 is 19.9 Å². The third-order valence-electron chi connectivity index (χ3n) is 4.92. The molecule has 1 aliphatic rings. The molecule has 2 unspecified atom stereocenters. The standard InChI is InChI=1S/C21H34N2O8.C2H4/c1-14(2)19(21(28)29)22-17(25)7-10-31-12-11-30-9-4-5-16(24)6-8-23-18(26)13-15(3)20(23)27;1-2/h14-15,19H,4-13H2,1-3H3,(H,22,25)(H,28,29);1-2H2. The van der Waals surface area contributed by atoms with Crippen LogP contribution in [0.4, 0.5) is 0 Å². The van der Waals surface area contributed by atoms with E-state index in [-0.39, 0.29) is 74.4 Å². The lowest BCUT2D eigenvalue weighted by Crippen LogP contribution is -2.44. The second-order valence-corrected chi connectivity index (χ2v) is 7.98. The Morgan fingerprint density at radius 2 is 1.67 bits per heavy atom. The summed E-state index contributed by atoms with van der Waals surface area (Å²) < 4.78 is 10.7. The number of carbonyl (C=O) groups excluding carboxylic acids is 4. The summed E-state index contributed by atoms with van der Waals surface area (Å²) >= 11 is 0. The number of Topliss-reactive ketones (excluding diaryl/α,β-unsaturated/α-hetero) is 1. The van der Waals surface area contributed by atoms with Gasteiger partial charge in [-0.3, -0.25) is 24.1 Å². The van der Waals surface area contributed by atoms with Gasteiger partial charge in [-0.1, -0.05) is 20.8 Å². The zero-order valence-corrected chi connectivity index (χ0v) is 20.0. The van der Waals surface area contributed by atoms with Gasteiger partial charge in [-0.25, -0.2) is 4.79 Å². The van der Waals surface area contributed by atoms with Crippen LogP contribution in [-0.2, 0) is 33.4 Å². The SMILES string of the molecule is C=C.CC1CC(=O)N(CCC(=O)CCCOCCOCCC(=O)NC(C(=O)O)C(C)C)C1=O. The summed E-state index contributed by atoms with van der Waals surface area (Å²) in [6.45, 7) is 12.4. The zero-order valence-electron chi connectivity index (χ0n) is 20.0. The van der Waals surface area contributed by atoms with Gasteiger partial charge in [-0.15, -0.1) is 13.2 Å². The van der Waals surface area contributed by atoms with Crippen molar-refractivity contribution >= 4 is 29.5 Å². The lowest BCUT2D eigenvalue weighted by Gasteiger charge is -2.17. The molecule has 10 heteroatoms. The molecule has 10 nitrogen and oxygen atoms in total. The summed E-state index contributed by atoms with van der Waals surface area (Å²) in [6.07, 6.45) is 1.29. The van der Waals surface area contributed by atoms with Crippen LogP contribution >= 0.6 is 0 Å². The molecular weight excluding hydrogens is 432 g/mol. The molecule has 2 N–H and O–H groups in total. The highest BCUT2D eigenvalue weighted by molar-refractivity contribution is 6.03. The molecule has 0 saturated carbocycles. The molecule has 1 saturated heterocycles. The summed E-state index contributed by atoms with van der Waals surface area (Å²) in [6, 6.07) is -0.918. The number of ether oxygens (including phenoxy) is 2. The van der Waals surface area contributed by atoms with E-state index in [0.717, 1.165) is 0 Å². The number of carboxylic acids is 1. The fourth-order valence-electron chi connectivity index (χ4n) is 3.06. The lowest BCUT2D eigenvalue weighted by molar-refractivity contribution is -0.143. The zero-order chi connectivity index (χ0) is 25.4. The van der Waals surface area contributed by atoms with Gasteiger partial charge >= 0.3 is 5.97 Å². The highest BCUT2D eigenvalue weighted by Gasteiger charge is 2.35. The predicted octanol–water partition coefficient (Wildman–Crippen LogP) is 1.57. The average molecular weight is 471 g/mol. The predicted molar refractivity (Wildman–Crippen MR) is 121 cm³/mol. The van der Waals surface area contributed by atoms with Crippen LogP contribution in [0.2, 0.25) is 0 Å². The maximum absolute atomic E-state index is 11.9. The number of carboxylic acid groups (broad SMARTS) is 1. The second kappa shape index (κ2) is 17.0.